The van der Waals surface area contributed by atoms with E-state index in [9.17, 15) is 4.79 Å². The summed E-state index contributed by atoms with van der Waals surface area (Å²) in [5.41, 5.74) is 6.75. The topological polar surface area (TPSA) is 67.2 Å². The van der Waals surface area contributed by atoms with Gasteiger partial charge in [-0.1, -0.05) is 24.3 Å². The lowest BCUT2D eigenvalue weighted by Gasteiger charge is -2.02. The lowest BCUT2D eigenvalue weighted by molar-refractivity contribution is 0.259. The molecule has 1 aromatic rings. The van der Waals surface area contributed by atoms with Crippen LogP contribution in [0.25, 0.3) is 6.08 Å². The number of likely N-dealkylation sites (N-methyl/N-ethyl adjacent to an activating group) is 1. The number of benzene rings is 1. The molecule has 0 aliphatic heterocycles. The van der Waals surface area contributed by atoms with Crippen molar-refractivity contribution in [3.05, 3.63) is 35.9 Å². The Kier molecular flexibility index (Phi) is 4.37. The SMILES string of the molecule is CNCC=Cc1cccc(NC(N)=O)c1. The van der Waals surface area contributed by atoms with Crippen LogP contribution < -0.4 is 16.4 Å². The van der Waals surface area contributed by atoms with E-state index < -0.39 is 6.03 Å². The zero-order valence-corrected chi connectivity index (χ0v) is 8.66. The van der Waals surface area contributed by atoms with Crippen molar-refractivity contribution in [2.24, 2.45) is 5.73 Å². The molecule has 4 heteroatoms. The van der Waals surface area contributed by atoms with Gasteiger partial charge in [0.15, 0.2) is 0 Å². The molecule has 15 heavy (non-hydrogen) atoms. The summed E-state index contributed by atoms with van der Waals surface area (Å²) in [6, 6.07) is 6.92. The number of nitrogens with one attached hydrogen (secondary N) is 2. The zero-order chi connectivity index (χ0) is 11.1. The third-order valence-electron chi connectivity index (χ3n) is 1.79. The smallest absolute Gasteiger partial charge is 0.316 e. The van der Waals surface area contributed by atoms with Crippen molar-refractivity contribution in [3.8, 4) is 0 Å². The summed E-state index contributed by atoms with van der Waals surface area (Å²) in [6.07, 6.45) is 3.98. The van der Waals surface area contributed by atoms with Crippen LogP contribution >= 0.6 is 0 Å². The molecule has 1 rings (SSSR count). The number of amides is 2. The van der Waals surface area contributed by atoms with Gasteiger partial charge in [-0.05, 0) is 24.7 Å². The Balaban J connectivity index is 2.69. The quantitative estimate of drug-likeness (QED) is 0.695. The summed E-state index contributed by atoms with van der Waals surface area (Å²) in [6.45, 7) is 0.813. The normalized spacial score (nSPS) is 10.5. The van der Waals surface area contributed by atoms with Crippen molar-refractivity contribution in [2.75, 3.05) is 18.9 Å². The fourth-order valence-electron chi connectivity index (χ4n) is 1.18. The second-order valence-electron chi connectivity index (χ2n) is 3.07. The van der Waals surface area contributed by atoms with Crippen LogP contribution in [0.1, 0.15) is 5.56 Å². The predicted octanol–water partition coefficient (Wildman–Crippen LogP) is 1.41. The Morgan fingerprint density at radius 1 is 1.53 bits per heavy atom. The Labute approximate surface area is 89.2 Å². The maximum Gasteiger partial charge on any atom is 0.316 e. The molecule has 4 nitrogen and oxygen atoms in total. The molecule has 0 aliphatic carbocycles. The van der Waals surface area contributed by atoms with Gasteiger partial charge in [0.2, 0.25) is 0 Å². The number of anilines is 1. The number of carbonyl (C=O) groups excluding carboxylic acids is 1. The highest BCUT2D eigenvalue weighted by Crippen LogP contribution is 2.11. The molecular formula is C11H15N3O. The lowest BCUT2D eigenvalue weighted by Crippen LogP contribution is -2.19. The van der Waals surface area contributed by atoms with Crippen molar-refractivity contribution in [1.29, 1.82) is 0 Å². The third kappa shape index (κ3) is 4.28. The molecule has 0 unspecified atom stereocenters. The monoisotopic (exact) mass is 205 g/mol. The molecule has 0 spiro atoms. The van der Waals surface area contributed by atoms with Crippen molar-refractivity contribution in [3.63, 3.8) is 0 Å². The summed E-state index contributed by atoms with van der Waals surface area (Å²) in [5, 5.41) is 5.53. The zero-order valence-electron chi connectivity index (χ0n) is 8.66. The molecule has 0 bridgehead atoms. The summed E-state index contributed by atoms with van der Waals surface area (Å²) >= 11 is 0. The summed E-state index contributed by atoms with van der Waals surface area (Å²) in [4.78, 5) is 10.6. The molecule has 0 saturated heterocycles. The highest BCUT2D eigenvalue weighted by molar-refractivity contribution is 5.88. The van der Waals surface area contributed by atoms with E-state index in [2.05, 4.69) is 10.6 Å². The van der Waals surface area contributed by atoms with Crippen LogP contribution in [0.15, 0.2) is 30.3 Å². The van der Waals surface area contributed by atoms with Gasteiger partial charge in [-0.2, -0.15) is 0 Å². The van der Waals surface area contributed by atoms with Crippen LogP contribution in [0.3, 0.4) is 0 Å². The highest BCUT2D eigenvalue weighted by atomic mass is 16.2. The molecule has 2 amide bonds. The van der Waals surface area contributed by atoms with E-state index in [4.69, 9.17) is 5.73 Å². The number of primary amides is 1. The summed E-state index contributed by atoms with van der Waals surface area (Å²) in [7, 11) is 1.88. The number of urea groups is 1. The first kappa shape index (κ1) is 11.3. The Bertz CT molecular complexity index is 361. The molecule has 0 radical (unpaired) electrons. The van der Waals surface area contributed by atoms with Crippen molar-refractivity contribution < 1.29 is 4.79 Å². The van der Waals surface area contributed by atoms with Gasteiger partial charge in [-0.3, -0.25) is 0 Å². The van der Waals surface area contributed by atoms with Gasteiger partial charge in [-0.15, -0.1) is 0 Å². The van der Waals surface area contributed by atoms with Crippen LogP contribution in [0.4, 0.5) is 10.5 Å². The van der Waals surface area contributed by atoms with Crippen LogP contribution in [0, 0.1) is 0 Å². The van der Waals surface area contributed by atoms with Gasteiger partial charge >= 0.3 is 6.03 Å². The molecule has 4 N–H and O–H groups in total. The molecule has 0 aromatic heterocycles. The number of carbonyl (C=O) groups is 1. The fourth-order valence-corrected chi connectivity index (χ4v) is 1.18. The minimum absolute atomic E-state index is 0.550. The molecule has 0 atom stereocenters. The number of nitrogens with two attached hydrogens (primary N) is 1. The van der Waals surface area contributed by atoms with Gasteiger partial charge in [0.1, 0.15) is 0 Å². The van der Waals surface area contributed by atoms with E-state index >= 15 is 0 Å². The van der Waals surface area contributed by atoms with Crippen LogP contribution in [0.2, 0.25) is 0 Å². The van der Waals surface area contributed by atoms with Crippen molar-refractivity contribution >= 4 is 17.8 Å². The minimum atomic E-state index is -0.550. The fraction of sp³-hybridized carbons (Fsp3) is 0.182. The average Bonchev–Trinajstić information content (AvgIpc) is 2.18. The first-order valence-electron chi connectivity index (χ1n) is 4.70. The second-order valence-corrected chi connectivity index (χ2v) is 3.07. The molecule has 0 heterocycles. The van der Waals surface area contributed by atoms with E-state index in [1.165, 1.54) is 0 Å². The summed E-state index contributed by atoms with van der Waals surface area (Å²) in [5.74, 6) is 0. The predicted molar refractivity (Wildman–Crippen MR) is 62.6 cm³/mol. The Hall–Kier alpha value is -1.81. The Morgan fingerprint density at radius 3 is 3.00 bits per heavy atom. The number of hydrogen-bond acceptors (Lipinski definition) is 2. The molecule has 1 aromatic carbocycles. The van der Waals surface area contributed by atoms with Gasteiger partial charge in [0.05, 0.1) is 0 Å². The van der Waals surface area contributed by atoms with E-state index in [-0.39, 0.29) is 0 Å². The second kappa shape index (κ2) is 5.82. The minimum Gasteiger partial charge on any atom is -0.351 e. The molecule has 0 fully saturated rings. The highest BCUT2D eigenvalue weighted by Gasteiger charge is 1.95. The van der Waals surface area contributed by atoms with E-state index in [0.29, 0.717) is 5.69 Å². The number of rotatable bonds is 4. The average molecular weight is 205 g/mol. The largest absolute Gasteiger partial charge is 0.351 e. The summed E-state index contributed by atoms with van der Waals surface area (Å²) < 4.78 is 0. The molecule has 80 valence electrons. The van der Waals surface area contributed by atoms with E-state index in [0.717, 1.165) is 12.1 Å². The van der Waals surface area contributed by atoms with Gasteiger partial charge in [0.25, 0.3) is 0 Å². The maximum absolute atomic E-state index is 10.6. The van der Waals surface area contributed by atoms with Crippen molar-refractivity contribution in [2.45, 2.75) is 0 Å². The molecule has 0 aliphatic rings. The van der Waals surface area contributed by atoms with Crippen LogP contribution in [-0.2, 0) is 0 Å². The van der Waals surface area contributed by atoms with E-state index in [1.807, 2.05) is 37.4 Å². The first-order chi connectivity index (χ1) is 7.22. The first-order valence-corrected chi connectivity index (χ1v) is 4.70. The maximum atomic E-state index is 10.6. The van der Waals surface area contributed by atoms with Gasteiger partial charge < -0.3 is 16.4 Å². The van der Waals surface area contributed by atoms with E-state index in [1.54, 1.807) is 6.07 Å². The number of hydrogen-bond donors (Lipinski definition) is 3. The third-order valence-corrected chi connectivity index (χ3v) is 1.79. The van der Waals surface area contributed by atoms with Gasteiger partial charge in [-0.25, -0.2) is 4.79 Å². The Morgan fingerprint density at radius 2 is 2.33 bits per heavy atom. The molecular weight excluding hydrogens is 190 g/mol. The lowest BCUT2D eigenvalue weighted by atomic mass is 10.2. The van der Waals surface area contributed by atoms with Gasteiger partial charge in [0, 0.05) is 12.2 Å². The molecule has 0 saturated carbocycles. The van der Waals surface area contributed by atoms with Crippen molar-refractivity contribution in [1.82, 2.24) is 5.32 Å². The van der Waals surface area contributed by atoms with Crippen LogP contribution in [0.5, 0.6) is 0 Å². The standard InChI is InChI=1S/C11H15N3O/c1-13-7-3-5-9-4-2-6-10(8-9)14-11(12)15/h2-6,8,13H,7H2,1H3,(H3,12,14,15). The van der Waals surface area contributed by atoms with Crippen LogP contribution in [-0.4, -0.2) is 19.6 Å².